The maximum atomic E-state index is 11.0. The number of benzene rings is 1. The molecule has 16 heavy (non-hydrogen) atoms. The lowest BCUT2D eigenvalue weighted by atomic mass is 9.85. The molecule has 88 valence electrons. The molecule has 0 atom stereocenters. The summed E-state index contributed by atoms with van der Waals surface area (Å²) in [5.41, 5.74) is 1.77. The second kappa shape index (κ2) is 4.76. The van der Waals surface area contributed by atoms with Crippen molar-refractivity contribution in [3.8, 4) is 0 Å². The van der Waals surface area contributed by atoms with E-state index in [0.29, 0.717) is 15.9 Å². The van der Waals surface area contributed by atoms with Gasteiger partial charge in [0.05, 0.1) is 5.56 Å². The molecule has 0 aliphatic heterocycles. The van der Waals surface area contributed by atoms with Gasteiger partial charge in [0, 0.05) is 10.4 Å². The number of hydrogen-bond acceptors (Lipinski definition) is 1. The molecule has 0 saturated carbocycles. The average molecular weight is 306 g/mol. The molecular formula is C12H14BrClO2. The van der Waals surface area contributed by atoms with E-state index in [1.54, 1.807) is 12.1 Å². The van der Waals surface area contributed by atoms with Crippen LogP contribution in [0.2, 0.25) is 5.02 Å². The molecule has 1 aromatic rings. The summed E-state index contributed by atoms with van der Waals surface area (Å²) in [5, 5.41) is 10.0. The zero-order valence-corrected chi connectivity index (χ0v) is 11.8. The van der Waals surface area contributed by atoms with E-state index in [2.05, 4.69) is 15.9 Å². The van der Waals surface area contributed by atoms with Crippen LogP contribution in [-0.4, -0.2) is 11.1 Å². The molecule has 0 spiro atoms. The Morgan fingerprint density at radius 2 is 2.00 bits per heavy atom. The minimum atomic E-state index is -0.947. The molecule has 0 heterocycles. The van der Waals surface area contributed by atoms with Crippen molar-refractivity contribution in [3.63, 3.8) is 0 Å². The Hall–Kier alpha value is -0.540. The van der Waals surface area contributed by atoms with Crippen molar-refractivity contribution >= 4 is 33.5 Å². The topological polar surface area (TPSA) is 37.3 Å². The minimum absolute atomic E-state index is 0.0922. The Bertz CT molecular complexity index is 422. The molecule has 0 saturated heterocycles. The van der Waals surface area contributed by atoms with Gasteiger partial charge in [0.25, 0.3) is 0 Å². The number of hydrogen-bond donors (Lipinski definition) is 1. The monoisotopic (exact) mass is 304 g/mol. The fraction of sp³-hybridized carbons (Fsp3) is 0.417. The van der Waals surface area contributed by atoms with Crippen LogP contribution >= 0.6 is 27.5 Å². The molecule has 0 amide bonds. The number of carbonyl (C=O) groups is 1. The average Bonchev–Trinajstić information content (AvgIpc) is 2.14. The Morgan fingerprint density at radius 1 is 1.44 bits per heavy atom. The van der Waals surface area contributed by atoms with E-state index in [9.17, 15) is 4.79 Å². The zero-order valence-electron chi connectivity index (χ0n) is 9.47. The van der Waals surface area contributed by atoms with E-state index < -0.39 is 5.97 Å². The number of aromatic carboxylic acids is 1. The third-order valence-electron chi connectivity index (χ3n) is 2.42. The largest absolute Gasteiger partial charge is 0.478 e. The molecule has 2 nitrogen and oxygen atoms in total. The molecule has 0 bridgehead atoms. The highest BCUT2D eigenvalue weighted by Gasteiger charge is 2.22. The number of carboxylic acid groups (broad SMARTS) is 1. The van der Waals surface area contributed by atoms with Gasteiger partial charge in [0.15, 0.2) is 0 Å². The molecule has 4 heteroatoms. The first-order chi connectivity index (χ1) is 7.29. The Morgan fingerprint density at radius 3 is 2.38 bits per heavy atom. The summed E-state index contributed by atoms with van der Waals surface area (Å²) in [7, 11) is 0. The number of carboxylic acids is 1. The molecule has 0 fully saturated rings. The van der Waals surface area contributed by atoms with Crippen LogP contribution in [0, 0.1) is 0 Å². The predicted molar refractivity (Wildman–Crippen MR) is 69.7 cm³/mol. The first-order valence-electron chi connectivity index (χ1n) is 4.90. The van der Waals surface area contributed by atoms with Crippen LogP contribution in [-0.2, 0) is 10.7 Å². The highest BCUT2D eigenvalue weighted by molar-refractivity contribution is 9.08. The summed E-state index contributed by atoms with van der Waals surface area (Å²) < 4.78 is 0. The van der Waals surface area contributed by atoms with E-state index in [0.717, 1.165) is 5.56 Å². The maximum Gasteiger partial charge on any atom is 0.336 e. The van der Waals surface area contributed by atoms with Crippen LogP contribution in [0.1, 0.15) is 42.3 Å². The lowest BCUT2D eigenvalue weighted by Gasteiger charge is -2.22. The lowest BCUT2D eigenvalue weighted by Crippen LogP contribution is -2.14. The fourth-order valence-electron chi connectivity index (χ4n) is 1.53. The van der Waals surface area contributed by atoms with Crippen molar-refractivity contribution in [1.29, 1.82) is 0 Å². The van der Waals surface area contributed by atoms with E-state index >= 15 is 0 Å². The van der Waals surface area contributed by atoms with E-state index in [1.165, 1.54) is 0 Å². The van der Waals surface area contributed by atoms with Gasteiger partial charge in [0.1, 0.15) is 0 Å². The summed E-state index contributed by atoms with van der Waals surface area (Å²) in [6.45, 7) is 6.14. The molecule has 1 aromatic carbocycles. The van der Waals surface area contributed by atoms with Gasteiger partial charge in [-0.3, -0.25) is 0 Å². The molecule has 1 rings (SSSR count). The van der Waals surface area contributed by atoms with Gasteiger partial charge in [-0.25, -0.2) is 4.79 Å². The fourth-order valence-corrected chi connectivity index (χ4v) is 2.79. The van der Waals surface area contributed by atoms with Crippen LogP contribution in [0.25, 0.3) is 0 Å². The quantitative estimate of drug-likeness (QED) is 0.830. The zero-order chi connectivity index (χ0) is 12.5. The molecule has 0 aliphatic carbocycles. The standard InChI is InChI=1S/C12H14BrClO2/c1-12(2,3)9-5-4-7(11(15)16)8(6-13)10(9)14/h4-5H,6H2,1-3H3,(H,15,16). The first kappa shape index (κ1) is 13.5. The summed E-state index contributed by atoms with van der Waals surface area (Å²) in [6, 6.07) is 3.41. The van der Waals surface area contributed by atoms with Crippen molar-refractivity contribution in [1.82, 2.24) is 0 Å². The molecule has 0 unspecified atom stereocenters. The van der Waals surface area contributed by atoms with Crippen LogP contribution in [0.3, 0.4) is 0 Å². The lowest BCUT2D eigenvalue weighted by molar-refractivity contribution is 0.0696. The predicted octanol–water partition coefficient (Wildman–Crippen LogP) is 4.23. The van der Waals surface area contributed by atoms with Gasteiger partial charge >= 0.3 is 5.97 Å². The third-order valence-corrected chi connectivity index (χ3v) is 3.41. The Kier molecular flexibility index (Phi) is 4.02. The summed E-state index contributed by atoms with van der Waals surface area (Å²) in [4.78, 5) is 11.0. The van der Waals surface area contributed by atoms with E-state index in [-0.39, 0.29) is 11.0 Å². The maximum absolute atomic E-state index is 11.0. The minimum Gasteiger partial charge on any atom is -0.478 e. The van der Waals surface area contributed by atoms with Gasteiger partial charge in [0.2, 0.25) is 0 Å². The first-order valence-corrected chi connectivity index (χ1v) is 6.40. The second-order valence-electron chi connectivity index (χ2n) is 4.64. The van der Waals surface area contributed by atoms with Crippen LogP contribution < -0.4 is 0 Å². The molecule has 0 aliphatic rings. The smallest absolute Gasteiger partial charge is 0.336 e. The Labute approximate surface area is 109 Å². The number of alkyl halides is 1. The third kappa shape index (κ3) is 2.58. The highest BCUT2D eigenvalue weighted by atomic mass is 79.9. The van der Waals surface area contributed by atoms with Crippen LogP contribution in [0.5, 0.6) is 0 Å². The van der Waals surface area contributed by atoms with Gasteiger partial charge < -0.3 is 5.11 Å². The van der Waals surface area contributed by atoms with Gasteiger partial charge in [-0.15, -0.1) is 0 Å². The Balaban J connectivity index is 3.46. The summed E-state index contributed by atoms with van der Waals surface area (Å²) in [5.74, 6) is -0.947. The van der Waals surface area contributed by atoms with Crippen molar-refractivity contribution in [2.75, 3.05) is 0 Å². The van der Waals surface area contributed by atoms with Crippen molar-refractivity contribution in [2.45, 2.75) is 31.5 Å². The van der Waals surface area contributed by atoms with Crippen molar-refractivity contribution < 1.29 is 9.90 Å². The van der Waals surface area contributed by atoms with E-state index in [1.807, 2.05) is 20.8 Å². The number of rotatable bonds is 2. The SMILES string of the molecule is CC(C)(C)c1ccc(C(=O)O)c(CBr)c1Cl. The summed E-state index contributed by atoms with van der Waals surface area (Å²) >= 11 is 9.53. The number of halogens is 2. The van der Waals surface area contributed by atoms with Gasteiger partial charge in [-0.05, 0) is 22.6 Å². The second-order valence-corrected chi connectivity index (χ2v) is 5.58. The van der Waals surface area contributed by atoms with Gasteiger partial charge in [-0.1, -0.05) is 54.4 Å². The molecule has 0 radical (unpaired) electrons. The normalized spacial score (nSPS) is 11.6. The molecule has 0 aromatic heterocycles. The van der Waals surface area contributed by atoms with Crippen molar-refractivity contribution in [2.24, 2.45) is 0 Å². The van der Waals surface area contributed by atoms with Crippen LogP contribution in [0.15, 0.2) is 12.1 Å². The molecule has 1 N–H and O–H groups in total. The van der Waals surface area contributed by atoms with Gasteiger partial charge in [-0.2, -0.15) is 0 Å². The highest BCUT2D eigenvalue weighted by Crippen LogP contribution is 2.34. The van der Waals surface area contributed by atoms with Crippen LogP contribution in [0.4, 0.5) is 0 Å². The molecular weight excluding hydrogens is 291 g/mol. The van der Waals surface area contributed by atoms with E-state index in [4.69, 9.17) is 16.7 Å². The summed E-state index contributed by atoms with van der Waals surface area (Å²) in [6.07, 6.45) is 0. The van der Waals surface area contributed by atoms with Crippen molar-refractivity contribution in [3.05, 3.63) is 33.8 Å².